The predicted molar refractivity (Wildman–Crippen MR) is 218 cm³/mol. The number of aliphatic hydroxyl groups is 3. The van der Waals surface area contributed by atoms with Crippen molar-refractivity contribution in [3.63, 3.8) is 0 Å². The number of benzene rings is 1. The Morgan fingerprint density at radius 3 is 2.57 bits per heavy atom. The number of nitrogens with one attached hydrogen (secondary N) is 2. The molecule has 9 atom stereocenters. The molecule has 9 unspecified atom stereocenters. The Morgan fingerprint density at radius 1 is 1.05 bits per heavy atom. The first-order chi connectivity index (χ1) is 26.9. The highest BCUT2D eigenvalue weighted by Gasteiger charge is 2.51. The largest absolute Gasteiger partial charge is 0.872 e. The highest BCUT2D eigenvalue weighted by Crippen LogP contribution is 2.49. The third-order valence-electron chi connectivity index (χ3n) is 12.6. The maximum atomic E-state index is 12.8. The summed E-state index contributed by atoms with van der Waals surface area (Å²) in [4.78, 5) is 20.1. The average Bonchev–Trinajstić information content (AvgIpc) is 3.74. The number of phenols is 1. The molecule has 2 aliphatic carbocycles. The van der Waals surface area contributed by atoms with E-state index in [0.29, 0.717) is 68.1 Å². The third-order valence-corrected chi connectivity index (χ3v) is 12.6. The molecule has 0 amide bonds. The van der Waals surface area contributed by atoms with Crippen LogP contribution in [0.3, 0.4) is 0 Å². The second-order valence-electron chi connectivity index (χ2n) is 16.9. The maximum Gasteiger partial charge on any atom is 0.309 e. The molecule has 1 saturated carbocycles. The zero-order valence-electron chi connectivity index (χ0n) is 33.3. The summed E-state index contributed by atoms with van der Waals surface area (Å²) >= 11 is 0. The van der Waals surface area contributed by atoms with E-state index in [1.165, 1.54) is 37.5 Å². The monoisotopic (exact) mass is 773 g/mol. The number of allylic oxidation sites excluding steroid dienone is 1. The normalized spacial score (nSPS) is 25.3. The Bertz CT molecular complexity index is 1690. The van der Waals surface area contributed by atoms with Gasteiger partial charge in [0.2, 0.25) is 0 Å². The highest BCUT2D eigenvalue weighted by atomic mass is 16.4. The molecular weight excluding hydrogens is 709 g/mol. The molecule has 11 heteroatoms. The molecular formula is C45H65N4O7-. The number of aromatic hydroxyl groups is 1. The van der Waals surface area contributed by atoms with Gasteiger partial charge in [0, 0.05) is 41.5 Å². The number of anilines is 1. The van der Waals surface area contributed by atoms with Gasteiger partial charge in [-0.05, 0) is 125 Å². The first kappa shape index (κ1) is 43.2. The van der Waals surface area contributed by atoms with Crippen LogP contribution in [0.4, 0.5) is 5.82 Å². The summed E-state index contributed by atoms with van der Waals surface area (Å²) in [5.74, 6) is -1.92. The number of carboxylic acids is 1. The lowest BCUT2D eigenvalue weighted by molar-refractivity contribution is -0.268. The lowest BCUT2D eigenvalue weighted by Crippen LogP contribution is -2.48. The molecule has 308 valence electrons. The van der Waals surface area contributed by atoms with Crippen LogP contribution in [0.2, 0.25) is 0 Å². The lowest BCUT2D eigenvalue weighted by Gasteiger charge is -2.40. The van der Waals surface area contributed by atoms with E-state index >= 15 is 0 Å². The van der Waals surface area contributed by atoms with Crippen molar-refractivity contribution in [2.45, 2.75) is 121 Å². The predicted octanol–water partition coefficient (Wildman–Crippen LogP) is 6.35. The molecule has 11 nitrogen and oxygen atoms in total. The van der Waals surface area contributed by atoms with Gasteiger partial charge in [-0.1, -0.05) is 63.7 Å². The van der Waals surface area contributed by atoms with Gasteiger partial charge in [-0.15, -0.1) is 5.75 Å². The number of carbonyl (C=O) groups is 1. The third kappa shape index (κ3) is 11.8. The fraction of sp³-hybridized carbons (Fsp3) is 0.600. The van der Waals surface area contributed by atoms with Crippen LogP contribution in [-0.4, -0.2) is 72.9 Å². The number of unbranched alkanes of at least 4 members (excludes halogenated alkanes) is 4. The van der Waals surface area contributed by atoms with E-state index in [1.54, 1.807) is 13.2 Å². The number of aromatic nitrogens is 2. The van der Waals surface area contributed by atoms with Gasteiger partial charge < -0.3 is 46.7 Å². The Hall–Kier alpha value is -3.90. The Morgan fingerprint density at radius 2 is 1.86 bits per heavy atom. The van der Waals surface area contributed by atoms with Crippen molar-refractivity contribution >= 4 is 11.8 Å². The Labute approximate surface area is 332 Å². The van der Waals surface area contributed by atoms with Gasteiger partial charge in [-0.2, -0.15) is 0 Å². The number of carboxylic acid groups (broad SMARTS) is 1. The Kier molecular flexibility index (Phi) is 15.8. The molecule has 2 aromatic heterocycles. The first-order valence-electron chi connectivity index (χ1n) is 20.9. The summed E-state index contributed by atoms with van der Waals surface area (Å²) in [5, 5.41) is 70.8. The quantitative estimate of drug-likeness (QED) is 0.0419. The van der Waals surface area contributed by atoms with Gasteiger partial charge in [0.1, 0.15) is 11.6 Å². The summed E-state index contributed by atoms with van der Waals surface area (Å²) in [6, 6.07) is 11.7. The second kappa shape index (κ2) is 20.5. The van der Waals surface area contributed by atoms with E-state index in [1.807, 2.05) is 24.3 Å². The summed E-state index contributed by atoms with van der Waals surface area (Å²) in [6.45, 7) is 2.60. The average molecular weight is 774 g/mol. The number of H-pyrrole nitrogens is 1. The summed E-state index contributed by atoms with van der Waals surface area (Å²) in [5.41, 5.74) is 7.92. The SMILES string of the molecule is CCCCCC1C=CC(CCCCCC(C(=O)O)C(O)CC(CNC)C2(O)CC(Cc3ccnc(N)c3)CC2Cc2ccc(-c3cc([O-])cc(O)c3)[nH]2)C(O)C1. The van der Waals surface area contributed by atoms with Crippen LogP contribution in [0.1, 0.15) is 102 Å². The minimum atomic E-state index is -1.22. The van der Waals surface area contributed by atoms with Gasteiger partial charge in [0.25, 0.3) is 0 Å². The van der Waals surface area contributed by atoms with E-state index in [9.17, 15) is 35.4 Å². The number of phenolic OH excluding ortho intramolecular Hbond substituents is 1. The molecule has 9 N–H and O–H groups in total. The number of aromatic amines is 1. The van der Waals surface area contributed by atoms with Crippen LogP contribution in [-0.2, 0) is 17.6 Å². The van der Waals surface area contributed by atoms with Crippen molar-refractivity contribution in [1.82, 2.24) is 15.3 Å². The van der Waals surface area contributed by atoms with Crippen LogP contribution in [0.5, 0.6) is 11.5 Å². The van der Waals surface area contributed by atoms with Crippen LogP contribution < -0.4 is 16.2 Å². The number of aliphatic hydroxyl groups excluding tert-OH is 2. The van der Waals surface area contributed by atoms with E-state index in [2.05, 4.69) is 34.4 Å². The number of nitrogens with two attached hydrogens (primary N) is 1. The van der Waals surface area contributed by atoms with Crippen LogP contribution in [0.25, 0.3) is 11.3 Å². The maximum absolute atomic E-state index is 12.8. The van der Waals surface area contributed by atoms with Crippen LogP contribution in [0, 0.1) is 35.5 Å². The molecule has 0 bridgehead atoms. The topological polar surface area (TPSA) is 208 Å². The van der Waals surface area contributed by atoms with Gasteiger partial charge in [0.05, 0.1) is 23.7 Å². The van der Waals surface area contributed by atoms with Crippen molar-refractivity contribution in [2.24, 2.45) is 35.5 Å². The van der Waals surface area contributed by atoms with Gasteiger partial charge in [-0.3, -0.25) is 4.79 Å². The zero-order valence-corrected chi connectivity index (χ0v) is 33.3. The van der Waals surface area contributed by atoms with E-state index in [-0.39, 0.29) is 41.8 Å². The van der Waals surface area contributed by atoms with Crippen LogP contribution in [0.15, 0.2) is 60.8 Å². The first-order valence-corrected chi connectivity index (χ1v) is 20.9. The number of pyridine rings is 1. The zero-order chi connectivity index (χ0) is 40.2. The molecule has 0 saturated heterocycles. The fourth-order valence-electron chi connectivity index (χ4n) is 9.64. The van der Waals surface area contributed by atoms with E-state index in [0.717, 1.165) is 43.4 Å². The summed E-state index contributed by atoms with van der Waals surface area (Å²) in [6.07, 6.45) is 16.3. The molecule has 2 aliphatic rings. The number of hydrogen-bond donors (Lipinski definition) is 8. The Balaban J connectivity index is 1.24. The van der Waals surface area contributed by atoms with Crippen molar-refractivity contribution < 1.29 is 35.4 Å². The number of hydrogen-bond acceptors (Lipinski definition) is 9. The number of rotatable bonds is 22. The highest BCUT2D eigenvalue weighted by molar-refractivity contribution is 5.70. The molecule has 0 radical (unpaired) electrons. The standard InChI is InChI=1S/C45H66N4O7/c1-3-4-6-9-29-12-13-32(41(52)20-29)10-7-5-8-11-39(44(54)55)42(53)25-35(28-47-2)45(56)27-31(18-30-16-17-48-43(46)21-30)19-34(45)24-36-14-15-40(49-36)33-22-37(50)26-38(51)23-33/h12-17,21-23,26,29,31-32,34-35,39,41-42,47,49-53,56H,3-11,18-20,24-25,27-28H2,1-2H3,(H2,46,48)(H,54,55)/p-1. The van der Waals surface area contributed by atoms with Crippen LogP contribution >= 0.6 is 0 Å². The van der Waals surface area contributed by atoms with Gasteiger partial charge in [-0.25, -0.2) is 4.98 Å². The van der Waals surface area contributed by atoms with Gasteiger partial charge in [0.15, 0.2) is 0 Å². The molecule has 0 aliphatic heterocycles. The van der Waals surface area contributed by atoms with E-state index in [4.69, 9.17) is 5.73 Å². The van der Waals surface area contributed by atoms with Gasteiger partial charge >= 0.3 is 5.97 Å². The molecule has 3 aromatic rings. The van der Waals surface area contributed by atoms with Crippen molar-refractivity contribution in [2.75, 3.05) is 19.3 Å². The van der Waals surface area contributed by atoms with Crippen molar-refractivity contribution in [3.8, 4) is 22.8 Å². The molecule has 2 heterocycles. The fourth-order valence-corrected chi connectivity index (χ4v) is 9.64. The number of aliphatic carboxylic acids is 1. The smallest absolute Gasteiger partial charge is 0.309 e. The lowest BCUT2D eigenvalue weighted by atomic mass is 9.73. The summed E-state index contributed by atoms with van der Waals surface area (Å²) < 4.78 is 0. The molecule has 1 aromatic carbocycles. The summed E-state index contributed by atoms with van der Waals surface area (Å²) in [7, 11) is 1.81. The van der Waals surface area contributed by atoms with Crippen molar-refractivity contribution in [1.29, 1.82) is 0 Å². The van der Waals surface area contributed by atoms with E-state index < -0.39 is 29.5 Å². The minimum Gasteiger partial charge on any atom is -0.872 e. The molecule has 56 heavy (non-hydrogen) atoms. The molecule has 1 fully saturated rings. The molecule has 0 spiro atoms. The minimum absolute atomic E-state index is 0.103. The number of nitrogens with zero attached hydrogens (tertiary/aromatic N) is 1. The van der Waals surface area contributed by atoms with Crippen molar-refractivity contribution in [3.05, 3.63) is 72.1 Å². The molecule has 5 rings (SSSR count). The second-order valence-corrected chi connectivity index (χ2v) is 16.9. The number of nitrogen functional groups attached to an aromatic ring is 1.